The number of para-hydroxylation sites is 2. The number of benzene rings is 1. The highest BCUT2D eigenvalue weighted by Gasteiger charge is 2.46. The first-order valence-corrected chi connectivity index (χ1v) is 14.7. The van der Waals surface area contributed by atoms with Gasteiger partial charge < -0.3 is 28.9 Å². The molecule has 3 unspecified atom stereocenters. The van der Waals surface area contributed by atoms with Crippen molar-refractivity contribution in [3.63, 3.8) is 0 Å². The lowest BCUT2D eigenvalue weighted by molar-refractivity contribution is -0.274. The number of rotatable bonds is 9. The topological polar surface area (TPSA) is 93.5 Å². The fraction of sp³-hybridized carbons (Fsp3) is 0.567. The highest BCUT2D eigenvalue weighted by molar-refractivity contribution is 5.61. The third kappa shape index (κ3) is 6.51. The Kier molecular flexibility index (Phi) is 8.35. The summed E-state index contributed by atoms with van der Waals surface area (Å²) < 4.78 is 55.8. The molecule has 3 saturated heterocycles. The van der Waals surface area contributed by atoms with Crippen molar-refractivity contribution >= 4 is 11.5 Å². The van der Waals surface area contributed by atoms with E-state index in [0.717, 1.165) is 30.8 Å². The molecule has 43 heavy (non-hydrogen) atoms. The Hall–Kier alpha value is -3.60. The summed E-state index contributed by atoms with van der Waals surface area (Å²) in [6.07, 6.45) is -0.0836. The SMILES string of the molecule is C=CC1OC1N1CCN(c2nc(OC[C@@H]3CCCN3C)nc3c2CCN(c2ccccc2OC(F)(F)F)C3)CC1CC#N. The van der Waals surface area contributed by atoms with Crippen LogP contribution in [0.3, 0.4) is 0 Å². The van der Waals surface area contributed by atoms with Crippen molar-refractivity contribution in [2.24, 2.45) is 0 Å². The second-order valence-electron chi connectivity index (χ2n) is 11.5. The van der Waals surface area contributed by atoms with Crippen LogP contribution in [0.15, 0.2) is 36.9 Å². The first kappa shape index (κ1) is 29.5. The van der Waals surface area contributed by atoms with Gasteiger partial charge in [0.25, 0.3) is 0 Å². The summed E-state index contributed by atoms with van der Waals surface area (Å²) in [6, 6.07) is 8.97. The summed E-state index contributed by atoms with van der Waals surface area (Å²) in [7, 11) is 2.08. The zero-order valence-electron chi connectivity index (χ0n) is 24.2. The number of aromatic nitrogens is 2. The Balaban J connectivity index is 1.29. The minimum absolute atomic E-state index is 0.0246. The van der Waals surface area contributed by atoms with E-state index in [9.17, 15) is 18.4 Å². The van der Waals surface area contributed by atoms with Crippen molar-refractivity contribution in [3.8, 4) is 17.8 Å². The minimum atomic E-state index is -4.80. The highest BCUT2D eigenvalue weighted by atomic mass is 19.4. The zero-order valence-corrected chi connectivity index (χ0v) is 24.2. The monoisotopic (exact) mass is 599 g/mol. The molecule has 4 aliphatic heterocycles. The molecular weight excluding hydrogens is 563 g/mol. The molecule has 2 aromatic rings. The van der Waals surface area contributed by atoms with Gasteiger partial charge in [0.05, 0.1) is 30.4 Å². The molecule has 10 nitrogen and oxygen atoms in total. The number of nitrogens with zero attached hydrogens (tertiary/aromatic N) is 7. The van der Waals surface area contributed by atoms with Gasteiger partial charge in [0, 0.05) is 43.8 Å². The van der Waals surface area contributed by atoms with Crippen molar-refractivity contribution < 1.29 is 27.4 Å². The molecule has 4 atom stereocenters. The van der Waals surface area contributed by atoms with Gasteiger partial charge in [0.1, 0.15) is 24.8 Å². The van der Waals surface area contributed by atoms with Crippen LogP contribution in [0.25, 0.3) is 0 Å². The van der Waals surface area contributed by atoms with Gasteiger partial charge in [0.15, 0.2) is 5.75 Å². The number of likely N-dealkylation sites (tertiary alicyclic amines) is 1. The quantitative estimate of drug-likeness (QED) is 0.314. The highest BCUT2D eigenvalue weighted by Crippen LogP contribution is 2.38. The van der Waals surface area contributed by atoms with Crippen LogP contribution in [-0.2, 0) is 17.7 Å². The molecule has 4 aliphatic rings. The maximum absolute atomic E-state index is 13.2. The number of epoxide rings is 1. The molecule has 230 valence electrons. The number of alkyl halides is 3. The molecule has 0 aliphatic carbocycles. The van der Waals surface area contributed by atoms with Gasteiger partial charge >= 0.3 is 12.4 Å². The average Bonchev–Trinajstić information content (AvgIpc) is 3.66. The summed E-state index contributed by atoms with van der Waals surface area (Å²) in [6.45, 7) is 7.99. The molecule has 0 radical (unpaired) electrons. The first-order chi connectivity index (χ1) is 20.7. The van der Waals surface area contributed by atoms with E-state index in [1.165, 1.54) is 12.1 Å². The van der Waals surface area contributed by atoms with Crippen LogP contribution in [0, 0.1) is 11.3 Å². The van der Waals surface area contributed by atoms with Crippen molar-refractivity contribution in [2.75, 3.05) is 56.2 Å². The van der Waals surface area contributed by atoms with Crippen LogP contribution in [-0.4, -0.2) is 96.9 Å². The predicted octanol–water partition coefficient (Wildman–Crippen LogP) is 3.73. The molecule has 1 aromatic carbocycles. The van der Waals surface area contributed by atoms with Crippen molar-refractivity contribution in [3.05, 3.63) is 48.2 Å². The largest absolute Gasteiger partial charge is 0.573 e. The van der Waals surface area contributed by atoms with Crippen molar-refractivity contribution in [2.45, 2.75) is 63.0 Å². The average molecular weight is 600 g/mol. The van der Waals surface area contributed by atoms with Gasteiger partial charge in [-0.3, -0.25) is 4.90 Å². The molecular formula is C30H36F3N7O3. The van der Waals surface area contributed by atoms with Crippen molar-refractivity contribution in [1.82, 2.24) is 19.8 Å². The number of piperazine rings is 1. The summed E-state index contributed by atoms with van der Waals surface area (Å²) in [5, 5.41) is 9.59. The fourth-order valence-electron chi connectivity index (χ4n) is 6.45. The Morgan fingerprint density at radius 3 is 2.70 bits per heavy atom. The normalized spacial score (nSPS) is 26.1. The molecule has 13 heteroatoms. The molecule has 0 N–H and O–H groups in total. The van der Waals surface area contributed by atoms with E-state index in [2.05, 4.69) is 39.1 Å². The molecule has 0 bridgehead atoms. The molecule has 5 heterocycles. The van der Waals surface area contributed by atoms with Crippen molar-refractivity contribution in [1.29, 1.82) is 5.26 Å². The van der Waals surface area contributed by atoms with Gasteiger partial charge in [0.2, 0.25) is 0 Å². The lowest BCUT2D eigenvalue weighted by atomic mass is 10.0. The number of fused-ring (bicyclic) bond motifs is 1. The second kappa shape index (κ2) is 12.2. The number of hydrogen-bond acceptors (Lipinski definition) is 10. The van der Waals surface area contributed by atoms with Gasteiger partial charge in [-0.05, 0) is 45.0 Å². The third-order valence-electron chi connectivity index (χ3n) is 8.75. The minimum Gasteiger partial charge on any atom is -0.462 e. The fourth-order valence-corrected chi connectivity index (χ4v) is 6.45. The van der Waals surface area contributed by atoms with E-state index in [1.807, 2.05) is 4.90 Å². The summed E-state index contributed by atoms with van der Waals surface area (Å²) in [5.41, 5.74) is 2.01. The number of ether oxygens (including phenoxy) is 3. The number of anilines is 2. The number of hydrogen-bond donors (Lipinski definition) is 0. The molecule has 0 saturated carbocycles. The van der Waals surface area contributed by atoms with Crippen LogP contribution >= 0.6 is 0 Å². The smallest absolute Gasteiger partial charge is 0.462 e. The number of nitriles is 1. The van der Waals surface area contributed by atoms with Gasteiger partial charge in [-0.25, -0.2) is 0 Å². The summed E-state index contributed by atoms with van der Waals surface area (Å²) in [5.74, 6) is 0.517. The van der Waals surface area contributed by atoms with E-state index >= 15 is 0 Å². The third-order valence-corrected chi connectivity index (χ3v) is 8.75. The van der Waals surface area contributed by atoms with E-state index in [-0.39, 0.29) is 42.7 Å². The molecule has 1 aromatic heterocycles. The van der Waals surface area contributed by atoms with Crippen LogP contribution in [0.5, 0.6) is 11.8 Å². The Morgan fingerprint density at radius 1 is 1.14 bits per heavy atom. The van der Waals surface area contributed by atoms with Gasteiger partial charge in [-0.2, -0.15) is 15.2 Å². The predicted molar refractivity (Wildman–Crippen MR) is 153 cm³/mol. The van der Waals surface area contributed by atoms with E-state index in [4.69, 9.17) is 19.4 Å². The van der Waals surface area contributed by atoms with Gasteiger partial charge in [-0.1, -0.05) is 18.2 Å². The Labute approximate surface area is 249 Å². The molecule has 3 fully saturated rings. The number of likely N-dealkylation sites (N-methyl/N-ethyl adjacent to an activating group) is 1. The molecule has 0 spiro atoms. The lowest BCUT2D eigenvalue weighted by Crippen LogP contribution is -2.55. The maximum Gasteiger partial charge on any atom is 0.573 e. The maximum atomic E-state index is 13.2. The summed E-state index contributed by atoms with van der Waals surface area (Å²) in [4.78, 5) is 18.2. The van der Waals surface area contributed by atoms with E-state index in [1.54, 1.807) is 18.2 Å². The number of halogens is 3. The summed E-state index contributed by atoms with van der Waals surface area (Å²) >= 11 is 0. The van der Waals surface area contributed by atoms with Crippen LogP contribution < -0.4 is 19.3 Å². The molecule has 6 rings (SSSR count). The lowest BCUT2D eigenvalue weighted by Gasteiger charge is -2.42. The van der Waals surface area contributed by atoms with E-state index in [0.29, 0.717) is 57.0 Å². The Bertz CT molecular complexity index is 1370. The van der Waals surface area contributed by atoms with E-state index < -0.39 is 6.36 Å². The van der Waals surface area contributed by atoms with Crippen LogP contribution in [0.1, 0.15) is 30.5 Å². The molecule has 0 amide bonds. The van der Waals surface area contributed by atoms with Crippen LogP contribution in [0.4, 0.5) is 24.7 Å². The van der Waals surface area contributed by atoms with Gasteiger partial charge in [-0.15, -0.1) is 19.8 Å². The zero-order chi connectivity index (χ0) is 30.1. The standard InChI is InChI=1S/C30H36F3N7O3/c1-3-25-28(42-25)40-16-15-39(17-20(40)10-12-34)27-22-11-14-38(24-8-4-5-9-26(24)43-30(31,32)33)18-23(22)35-29(36-27)41-19-21-7-6-13-37(21)2/h3-5,8-9,20-21,25,28H,1,6-7,10-11,13-19H2,2H3/t20?,21-,25?,28?/m0/s1. The second-order valence-corrected chi connectivity index (χ2v) is 11.5. The first-order valence-electron chi connectivity index (χ1n) is 14.7. The van der Waals surface area contributed by atoms with Crippen LogP contribution in [0.2, 0.25) is 0 Å². The Morgan fingerprint density at radius 2 is 1.98 bits per heavy atom.